The summed E-state index contributed by atoms with van der Waals surface area (Å²) in [4.78, 5) is 32.6. The highest BCUT2D eigenvalue weighted by Gasteiger charge is 2.13. The number of aryl methyl sites for hydroxylation is 2. The number of thiocarbonyl (C=S) groups is 1. The molecule has 118 valence electrons. The lowest BCUT2D eigenvalue weighted by Crippen LogP contribution is -2.47. The first-order valence-electron chi connectivity index (χ1n) is 6.74. The summed E-state index contributed by atoms with van der Waals surface area (Å²) < 4.78 is 0. The van der Waals surface area contributed by atoms with E-state index in [9.17, 15) is 9.59 Å². The van der Waals surface area contributed by atoms with E-state index in [4.69, 9.17) is 12.2 Å². The highest BCUT2D eigenvalue weighted by Crippen LogP contribution is 2.25. The van der Waals surface area contributed by atoms with Crippen LogP contribution < -0.4 is 21.7 Å². The SMILES string of the molecule is CCNC(=S)NNC(=O)Cc1nc2sc(C)c(C)c2c(=O)[nH]1. The van der Waals surface area contributed by atoms with E-state index in [1.54, 1.807) is 0 Å². The average molecular weight is 339 g/mol. The van der Waals surface area contributed by atoms with Gasteiger partial charge in [0.2, 0.25) is 5.91 Å². The topological polar surface area (TPSA) is 98.9 Å². The monoisotopic (exact) mass is 339 g/mol. The minimum absolute atomic E-state index is 0.0388. The number of fused-ring (bicyclic) bond motifs is 1. The second-order valence-electron chi connectivity index (χ2n) is 4.69. The molecule has 7 nitrogen and oxygen atoms in total. The molecule has 0 atom stereocenters. The number of amides is 1. The van der Waals surface area contributed by atoms with Gasteiger partial charge in [0.25, 0.3) is 5.56 Å². The van der Waals surface area contributed by atoms with E-state index < -0.39 is 0 Å². The minimum Gasteiger partial charge on any atom is -0.362 e. The Morgan fingerprint density at radius 1 is 1.36 bits per heavy atom. The van der Waals surface area contributed by atoms with Crippen LogP contribution in [0.5, 0.6) is 0 Å². The van der Waals surface area contributed by atoms with Crippen molar-refractivity contribution >= 4 is 44.8 Å². The normalized spacial score (nSPS) is 10.5. The maximum absolute atomic E-state index is 12.1. The number of hydrazine groups is 1. The number of carbonyl (C=O) groups excluding carboxylic acids is 1. The lowest BCUT2D eigenvalue weighted by Gasteiger charge is -2.09. The molecule has 2 aromatic rings. The molecule has 0 saturated carbocycles. The standard InChI is InChI=1S/C13H17N5O2S2/c1-4-14-13(21)18-17-9(19)5-8-15-11(20)10-6(2)7(3)22-12(10)16-8/h4-5H2,1-3H3,(H,17,19)(H2,14,18,21)(H,15,16,20). The third-order valence-electron chi connectivity index (χ3n) is 3.07. The van der Waals surface area contributed by atoms with Crippen LogP contribution >= 0.6 is 23.6 Å². The number of aromatic amines is 1. The molecule has 0 aliphatic heterocycles. The fraction of sp³-hybridized carbons (Fsp3) is 0.385. The summed E-state index contributed by atoms with van der Waals surface area (Å²) in [6, 6.07) is 0. The molecule has 0 aromatic carbocycles. The maximum Gasteiger partial charge on any atom is 0.259 e. The van der Waals surface area contributed by atoms with Crippen LogP contribution in [0.15, 0.2) is 4.79 Å². The molecule has 1 amide bonds. The molecule has 4 N–H and O–H groups in total. The summed E-state index contributed by atoms with van der Waals surface area (Å²) in [5.74, 6) is -0.0137. The van der Waals surface area contributed by atoms with Gasteiger partial charge >= 0.3 is 0 Å². The molecule has 0 radical (unpaired) electrons. The Balaban J connectivity index is 2.10. The van der Waals surface area contributed by atoms with E-state index in [-0.39, 0.29) is 17.9 Å². The molecule has 2 aromatic heterocycles. The second kappa shape index (κ2) is 6.84. The average Bonchev–Trinajstić information content (AvgIpc) is 2.72. The number of aromatic nitrogens is 2. The predicted molar refractivity (Wildman–Crippen MR) is 91.0 cm³/mol. The fourth-order valence-corrected chi connectivity index (χ4v) is 3.15. The van der Waals surface area contributed by atoms with Crippen LogP contribution in [0.25, 0.3) is 10.2 Å². The first kappa shape index (κ1) is 16.4. The molecule has 2 rings (SSSR count). The summed E-state index contributed by atoms with van der Waals surface area (Å²) >= 11 is 6.38. The zero-order valence-corrected chi connectivity index (χ0v) is 14.1. The molecular weight excluding hydrogens is 322 g/mol. The van der Waals surface area contributed by atoms with Gasteiger partial charge in [0.15, 0.2) is 5.11 Å². The minimum atomic E-state index is -0.340. The third-order valence-corrected chi connectivity index (χ3v) is 4.42. The molecule has 0 bridgehead atoms. The Morgan fingerprint density at radius 3 is 2.77 bits per heavy atom. The molecule has 0 unspecified atom stereocenters. The molecule has 0 spiro atoms. The zero-order chi connectivity index (χ0) is 16.3. The van der Waals surface area contributed by atoms with Gasteiger partial charge in [0.1, 0.15) is 10.7 Å². The molecule has 2 heterocycles. The highest BCUT2D eigenvalue weighted by molar-refractivity contribution is 7.80. The van der Waals surface area contributed by atoms with Crippen LogP contribution in [-0.4, -0.2) is 27.5 Å². The highest BCUT2D eigenvalue weighted by atomic mass is 32.1. The van der Waals surface area contributed by atoms with E-state index in [1.807, 2.05) is 20.8 Å². The number of rotatable bonds is 3. The number of hydrogen-bond acceptors (Lipinski definition) is 5. The number of thiophene rings is 1. The van der Waals surface area contributed by atoms with Gasteiger partial charge in [-0.15, -0.1) is 11.3 Å². The first-order chi connectivity index (χ1) is 10.4. The zero-order valence-electron chi connectivity index (χ0n) is 12.5. The van der Waals surface area contributed by atoms with Crippen molar-refractivity contribution in [3.63, 3.8) is 0 Å². The Kier molecular flexibility index (Phi) is 5.09. The number of nitrogens with one attached hydrogen (secondary N) is 4. The summed E-state index contributed by atoms with van der Waals surface area (Å²) in [7, 11) is 0. The van der Waals surface area contributed by atoms with Gasteiger partial charge in [-0.05, 0) is 38.6 Å². The maximum atomic E-state index is 12.1. The van der Waals surface area contributed by atoms with E-state index in [1.165, 1.54) is 11.3 Å². The van der Waals surface area contributed by atoms with Crippen molar-refractivity contribution in [3.8, 4) is 0 Å². The van der Waals surface area contributed by atoms with E-state index in [0.717, 1.165) is 10.4 Å². The lowest BCUT2D eigenvalue weighted by atomic mass is 10.2. The fourth-order valence-electron chi connectivity index (χ4n) is 1.91. The summed E-state index contributed by atoms with van der Waals surface area (Å²) in [6.45, 7) is 6.39. The van der Waals surface area contributed by atoms with Crippen LogP contribution in [0.3, 0.4) is 0 Å². The molecule has 22 heavy (non-hydrogen) atoms. The number of hydrogen-bond donors (Lipinski definition) is 4. The molecule has 0 aliphatic carbocycles. The third kappa shape index (κ3) is 3.60. The number of H-pyrrole nitrogens is 1. The van der Waals surface area contributed by atoms with E-state index in [2.05, 4.69) is 26.1 Å². The van der Waals surface area contributed by atoms with Gasteiger partial charge < -0.3 is 10.3 Å². The first-order valence-corrected chi connectivity index (χ1v) is 7.96. The van der Waals surface area contributed by atoms with Crippen molar-refractivity contribution in [1.82, 2.24) is 26.1 Å². The Bertz CT molecular complexity index is 781. The van der Waals surface area contributed by atoms with Crippen molar-refractivity contribution in [2.24, 2.45) is 0 Å². The van der Waals surface area contributed by atoms with E-state index >= 15 is 0 Å². The molecular formula is C13H17N5O2S2. The van der Waals surface area contributed by atoms with Gasteiger partial charge in [-0.3, -0.25) is 20.4 Å². The van der Waals surface area contributed by atoms with Crippen molar-refractivity contribution in [3.05, 3.63) is 26.6 Å². The van der Waals surface area contributed by atoms with Crippen molar-refractivity contribution < 1.29 is 4.79 Å². The molecule has 9 heteroatoms. The quantitative estimate of drug-likeness (QED) is 0.484. The van der Waals surface area contributed by atoms with Gasteiger partial charge in [-0.1, -0.05) is 0 Å². The molecule has 0 saturated heterocycles. The van der Waals surface area contributed by atoms with Gasteiger partial charge in [-0.25, -0.2) is 4.98 Å². The Labute approximate surface area is 136 Å². The van der Waals surface area contributed by atoms with Crippen molar-refractivity contribution in [2.45, 2.75) is 27.2 Å². The summed E-state index contributed by atoms with van der Waals surface area (Å²) in [5, 5.41) is 3.77. The smallest absolute Gasteiger partial charge is 0.259 e. The summed E-state index contributed by atoms with van der Waals surface area (Å²) in [5.41, 5.74) is 5.74. The van der Waals surface area contributed by atoms with Gasteiger partial charge in [0, 0.05) is 11.4 Å². The van der Waals surface area contributed by atoms with Crippen LogP contribution in [0, 0.1) is 13.8 Å². The molecule has 0 fully saturated rings. The van der Waals surface area contributed by atoms with Gasteiger partial charge in [-0.2, -0.15) is 0 Å². The van der Waals surface area contributed by atoms with Crippen LogP contribution in [0.1, 0.15) is 23.2 Å². The summed E-state index contributed by atoms with van der Waals surface area (Å²) in [6.07, 6.45) is -0.0388. The van der Waals surface area contributed by atoms with Crippen LogP contribution in [0.4, 0.5) is 0 Å². The van der Waals surface area contributed by atoms with Crippen molar-refractivity contribution in [2.75, 3.05) is 6.54 Å². The number of carbonyl (C=O) groups is 1. The van der Waals surface area contributed by atoms with E-state index in [0.29, 0.717) is 27.7 Å². The lowest BCUT2D eigenvalue weighted by molar-refractivity contribution is -0.121. The predicted octanol–water partition coefficient (Wildman–Crippen LogP) is 0.659. The van der Waals surface area contributed by atoms with Crippen LogP contribution in [-0.2, 0) is 11.2 Å². The second-order valence-corrected chi connectivity index (χ2v) is 6.30. The van der Waals surface area contributed by atoms with Gasteiger partial charge in [0.05, 0.1) is 11.8 Å². The Morgan fingerprint density at radius 2 is 2.09 bits per heavy atom. The Hall–Kier alpha value is -2.00. The van der Waals surface area contributed by atoms with Crippen LogP contribution in [0.2, 0.25) is 0 Å². The van der Waals surface area contributed by atoms with Crippen molar-refractivity contribution in [1.29, 1.82) is 0 Å². The number of nitrogens with zero attached hydrogens (tertiary/aromatic N) is 1. The molecule has 0 aliphatic rings. The largest absolute Gasteiger partial charge is 0.362 e.